The number of aryl methyl sites for hydroxylation is 1. The first-order valence-corrected chi connectivity index (χ1v) is 4.64. The highest BCUT2D eigenvalue weighted by Crippen LogP contribution is 2.17. The number of aromatic hydroxyl groups is 1. The standard InChI is InChI=1S/C7H11N3OS/c1-3-5-12-7-8-6(11)9-10(7)4-2/h3H,1,4-5H2,2H3,(H,9,11). The maximum absolute atomic E-state index is 8.98. The van der Waals surface area contributed by atoms with Crippen molar-refractivity contribution >= 4 is 11.8 Å². The first-order valence-electron chi connectivity index (χ1n) is 3.65. The predicted molar refractivity (Wildman–Crippen MR) is 48.3 cm³/mol. The van der Waals surface area contributed by atoms with E-state index in [1.807, 2.05) is 6.92 Å². The minimum atomic E-state index is -0.164. The number of thioether (sulfide) groups is 1. The van der Waals surface area contributed by atoms with E-state index in [-0.39, 0.29) is 6.01 Å². The van der Waals surface area contributed by atoms with Gasteiger partial charge in [-0.3, -0.25) is 0 Å². The fourth-order valence-corrected chi connectivity index (χ4v) is 1.49. The lowest BCUT2D eigenvalue weighted by Crippen LogP contribution is -1.98. The lowest BCUT2D eigenvalue weighted by Gasteiger charge is -1.97. The number of hydrogen-bond donors (Lipinski definition) is 1. The van der Waals surface area contributed by atoms with Crippen LogP contribution < -0.4 is 0 Å². The van der Waals surface area contributed by atoms with E-state index in [0.717, 1.165) is 10.9 Å². The predicted octanol–water partition coefficient (Wildman–Crippen LogP) is 1.28. The summed E-state index contributed by atoms with van der Waals surface area (Å²) in [6.45, 7) is 6.26. The minimum absolute atomic E-state index is 0.164. The summed E-state index contributed by atoms with van der Waals surface area (Å²) in [5.74, 6) is 0.776. The maximum atomic E-state index is 8.98. The molecule has 0 fully saturated rings. The third-order valence-electron chi connectivity index (χ3n) is 1.26. The van der Waals surface area contributed by atoms with E-state index in [0.29, 0.717) is 6.54 Å². The Morgan fingerprint density at radius 2 is 2.50 bits per heavy atom. The molecule has 0 spiro atoms. The van der Waals surface area contributed by atoms with E-state index in [2.05, 4.69) is 16.7 Å². The Morgan fingerprint density at radius 3 is 3.08 bits per heavy atom. The molecular formula is C7H11N3OS. The highest BCUT2D eigenvalue weighted by molar-refractivity contribution is 7.99. The second kappa shape index (κ2) is 4.15. The van der Waals surface area contributed by atoms with Crippen LogP contribution >= 0.6 is 11.8 Å². The molecule has 0 aliphatic carbocycles. The van der Waals surface area contributed by atoms with Crippen LogP contribution in [0.3, 0.4) is 0 Å². The molecule has 0 aliphatic rings. The molecule has 0 radical (unpaired) electrons. The van der Waals surface area contributed by atoms with Crippen molar-refractivity contribution in [3.05, 3.63) is 12.7 Å². The number of nitrogens with zero attached hydrogens (tertiary/aromatic N) is 3. The van der Waals surface area contributed by atoms with E-state index in [4.69, 9.17) is 5.11 Å². The summed E-state index contributed by atoms with van der Waals surface area (Å²) < 4.78 is 1.66. The van der Waals surface area contributed by atoms with Gasteiger partial charge in [-0.1, -0.05) is 17.8 Å². The first-order chi connectivity index (χ1) is 5.77. The van der Waals surface area contributed by atoms with Crippen molar-refractivity contribution in [2.24, 2.45) is 0 Å². The van der Waals surface area contributed by atoms with Crippen LogP contribution in [0.4, 0.5) is 0 Å². The van der Waals surface area contributed by atoms with E-state index in [1.165, 1.54) is 11.8 Å². The highest BCUT2D eigenvalue weighted by Gasteiger charge is 2.06. The first kappa shape index (κ1) is 9.12. The zero-order valence-corrected chi connectivity index (χ0v) is 7.71. The lowest BCUT2D eigenvalue weighted by molar-refractivity contribution is 0.424. The molecule has 1 aromatic heterocycles. The molecule has 0 aromatic carbocycles. The lowest BCUT2D eigenvalue weighted by atomic mass is 10.8. The van der Waals surface area contributed by atoms with E-state index < -0.39 is 0 Å². The van der Waals surface area contributed by atoms with Gasteiger partial charge < -0.3 is 5.11 Å². The summed E-state index contributed by atoms with van der Waals surface area (Å²) in [5, 5.41) is 13.5. The van der Waals surface area contributed by atoms with Crippen LogP contribution in [0, 0.1) is 0 Å². The molecule has 0 saturated heterocycles. The van der Waals surface area contributed by atoms with Crippen molar-refractivity contribution in [3.8, 4) is 6.01 Å². The van der Waals surface area contributed by atoms with Crippen LogP contribution in [0.25, 0.3) is 0 Å². The summed E-state index contributed by atoms with van der Waals surface area (Å²) in [4.78, 5) is 3.84. The Hall–Kier alpha value is -0.970. The van der Waals surface area contributed by atoms with E-state index >= 15 is 0 Å². The molecule has 0 atom stereocenters. The van der Waals surface area contributed by atoms with Gasteiger partial charge in [-0.05, 0) is 6.92 Å². The van der Waals surface area contributed by atoms with Gasteiger partial charge in [0.1, 0.15) is 0 Å². The molecule has 1 N–H and O–H groups in total. The summed E-state index contributed by atoms with van der Waals surface area (Å²) in [6, 6.07) is -0.164. The topological polar surface area (TPSA) is 50.9 Å². The fraction of sp³-hybridized carbons (Fsp3) is 0.429. The van der Waals surface area contributed by atoms with Crippen molar-refractivity contribution in [2.45, 2.75) is 18.6 Å². The summed E-state index contributed by atoms with van der Waals surface area (Å²) in [6.07, 6.45) is 1.79. The monoisotopic (exact) mass is 185 g/mol. The van der Waals surface area contributed by atoms with Gasteiger partial charge in [0.2, 0.25) is 0 Å². The van der Waals surface area contributed by atoms with E-state index in [9.17, 15) is 0 Å². The Bertz CT molecular complexity index is 272. The number of rotatable bonds is 4. The molecule has 1 rings (SSSR count). The molecule has 0 bridgehead atoms. The fourth-order valence-electron chi connectivity index (χ4n) is 0.763. The van der Waals surface area contributed by atoms with Crippen LogP contribution in [0.1, 0.15) is 6.92 Å². The molecule has 0 unspecified atom stereocenters. The zero-order valence-electron chi connectivity index (χ0n) is 6.90. The SMILES string of the molecule is C=CCSc1nc(O)nn1CC. The molecule has 12 heavy (non-hydrogen) atoms. The summed E-state index contributed by atoms with van der Waals surface area (Å²) in [7, 11) is 0. The van der Waals surface area contributed by atoms with Crippen LogP contribution in [0.5, 0.6) is 6.01 Å². The van der Waals surface area contributed by atoms with Crippen molar-refractivity contribution in [1.29, 1.82) is 0 Å². The maximum Gasteiger partial charge on any atom is 0.333 e. The molecule has 0 amide bonds. The van der Waals surface area contributed by atoms with Gasteiger partial charge in [0.15, 0.2) is 5.16 Å². The second-order valence-corrected chi connectivity index (χ2v) is 3.10. The van der Waals surface area contributed by atoms with Gasteiger partial charge in [-0.2, -0.15) is 4.98 Å². The van der Waals surface area contributed by atoms with Gasteiger partial charge in [0.25, 0.3) is 0 Å². The van der Waals surface area contributed by atoms with Crippen LogP contribution in [-0.2, 0) is 6.54 Å². The third-order valence-corrected chi connectivity index (χ3v) is 2.22. The van der Waals surface area contributed by atoms with Crippen molar-refractivity contribution < 1.29 is 5.11 Å². The average Bonchev–Trinajstić information content (AvgIpc) is 2.42. The molecule has 1 aromatic rings. The number of hydrogen-bond acceptors (Lipinski definition) is 4. The summed E-state index contributed by atoms with van der Waals surface area (Å²) >= 11 is 1.50. The molecule has 66 valence electrons. The van der Waals surface area contributed by atoms with E-state index in [1.54, 1.807) is 10.8 Å². The summed E-state index contributed by atoms with van der Waals surface area (Å²) in [5.41, 5.74) is 0. The van der Waals surface area contributed by atoms with Crippen LogP contribution in [0.2, 0.25) is 0 Å². The third kappa shape index (κ3) is 2.01. The van der Waals surface area contributed by atoms with Gasteiger partial charge in [0.05, 0.1) is 0 Å². The van der Waals surface area contributed by atoms with Crippen LogP contribution in [0.15, 0.2) is 17.8 Å². The Morgan fingerprint density at radius 1 is 1.75 bits per heavy atom. The quantitative estimate of drug-likeness (QED) is 0.567. The smallest absolute Gasteiger partial charge is 0.333 e. The molecule has 5 heteroatoms. The molecular weight excluding hydrogens is 174 g/mol. The minimum Gasteiger partial charge on any atom is -0.478 e. The van der Waals surface area contributed by atoms with Crippen molar-refractivity contribution in [3.63, 3.8) is 0 Å². The molecule has 4 nitrogen and oxygen atoms in total. The molecule has 0 saturated carbocycles. The molecule has 1 heterocycles. The second-order valence-electron chi connectivity index (χ2n) is 2.11. The van der Waals surface area contributed by atoms with Crippen LogP contribution in [-0.4, -0.2) is 25.6 Å². The average molecular weight is 185 g/mol. The van der Waals surface area contributed by atoms with Gasteiger partial charge in [-0.15, -0.1) is 11.7 Å². The van der Waals surface area contributed by atoms with Crippen molar-refractivity contribution in [1.82, 2.24) is 14.8 Å². The normalized spacial score (nSPS) is 10.1. The van der Waals surface area contributed by atoms with Gasteiger partial charge >= 0.3 is 6.01 Å². The largest absolute Gasteiger partial charge is 0.478 e. The van der Waals surface area contributed by atoms with Gasteiger partial charge in [0, 0.05) is 12.3 Å². The zero-order chi connectivity index (χ0) is 8.97. The highest BCUT2D eigenvalue weighted by atomic mass is 32.2. The Balaban J connectivity index is 2.74. The Labute approximate surface area is 75.3 Å². The molecule has 0 aliphatic heterocycles. The van der Waals surface area contributed by atoms with Gasteiger partial charge in [-0.25, -0.2) is 4.68 Å². The number of aromatic nitrogens is 3. The Kier molecular flexibility index (Phi) is 3.16. The van der Waals surface area contributed by atoms with Crippen molar-refractivity contribution in [2.75, 3.05) is 5.75 Å².